The van der Waals surface area contributed by atoms with Crippen LogP contribution in [-0.4, -0.2) is 15.2 Å². The van der Waals surface area contributed by atoms with Gasteiger partial charge in [0.25, 0.3) is 0 Å². The summed E-state index contributed by atoms with van der Waals surface area (Å²) >= 11 is 3.49. The zero-order valence-electron chi connectivity index (χ0n) is 8.07. The molecule has 15 heavy (non-hydrogen) atoms. The Balaban J connectivity index is 2.18. The van der Waals surface area contributed by atoms with E-state index in [9.17, 15) is 0 Å². The minimum atomic E-state index is 0.368. The van der Waals surface area contributed by atoms with E-state index in [2.05, 4.69) is 37.2 Å². The molecule has 0 aliphatic heterocycles. The Morgan fingerprint density at radius 1 is 1.33 bits per heavy atom. The summed E-state index contributed by atoms with van der Waals surface area (Å²) < 4.78 is 1.08. The van der Waals surface area contributed by atoms with E-state index in [0.29, 0.717) is 12.4 Å². The molecule has 1 heterocycles. The van der Waals surface area contributed by atoms with Crippen LogP contribution in [0.1, 0.15) is 17.2 Å². The molecule has 3 N–H and O–H groups in total. The predicted molar refractivity (Wildman–Crippen MR) is 61.2 cm³/mol. The molecule has 2 aromatic rings. The molecule has 2 rings (SSSR count). The molecule has 5 heteroatoms. The maximum atomic E-state index is 5.43. The van der Waals surface area contributed by atoms with Crippen LogP contribution in [0, 0.1) is 0 Å². The van der Waals surface area contributed by atoms with Crippen LogP contribution in [0.15, 0.2) is 28.7 Å². The predicted octanol–water partition coefficient (Wildman–Crippen LogP) is 1.62. The number of nitrogens with one attached hydrogen (secondary N) is 1. The molecule has 0 atom stereocenters. The minimum Gasteiger partial charge on any atom is -0.324 e. The summed E-state index contributed by atoms with van der Waals surface area (Å²) in [7, 11) is 0. The molecule has 1 aromatic heterocycles. The lowest BCUT2D eigenvalue weighted by atomic mass is 10.1. The van der Waals surface area contributed by atoms with E-state index in [1.54, 1.807) is 0 Å². The number of H-pyrrole nitrogens is 1. The van der Waals surface area contributed by atoms with Crippen LogP contribution in [0.3, 0.4) is 0 Å². The molecule has 0 spiro atoms. The molecule has 0 saturated carbocycles. The lowest BCUT2D eigenvalue weighted by molar-refractivity contribution is 0.916. The molecule has 0 radical (unpaired) electrons. The van der Waals surface area contributed by atoms with Crippen LogP contribution in [-0.2, 0) is 13.0 Å². The number of aromatic nitrogens is 3. The smallest absolute Gasteiger partial charge is 0.164 e. The summed E-state index contributed by atoms with van der Waals surface area (Å²) in [5.74, 6) is 1.49. The first-order chi connectivity index (χ1) is 7.29. The van der Waals surface area contributed by atoms with E-state index in [4.69, 9.17) is 5.73 Å². The van der Waals surface area contributed by atoms with Crippen molar-refractivity contribution in [1.29, 1.82) is 0 Å². The summed E-state index contributed by atoms with van der Waals surface area (Å²) in [4.78, 5) is 4.25. The second-order valence-corrected chi connectivity index (χ2v) is 4.02. The molecule has 1 aromatic carbocycles. The van der Waals surface area contributed by atoms with E-state index in [1.807, 2.05) is 18.2 Å². The van der Waals surface area contributed by atoms with Crippen molar-refractivity contribution in [3.05, 3.63) is 46.0 Å². The van der Waals surface area contributed by atoms with Gasteiger partial charge in [0.05, 0.1) is 6.54 Å². The van der Waals surface area contributed by atoms with Gasteiger partial charge in [0, 0.05) is 10.9 Å². The molecular weight excluding hydrogens is 256 g/mol. The average Bonchev–Trinajstić information content (AvgIpc) is 2.69. The van der Waals surface area contributed by atoms with Gasteiger partial charge < -0.3 is 5.73 Å². The van der Waals surface area contributed by atoms with Crippen molar-refractivity contribution in [2.24, 2.45) is 5.73 Å². The van der Waals surface area contributed by atoms with E-state index in [-0.39, 0.29) is 0 Å². The molecule has 0 unspecified atom stereocenters. The fraction of sp³-hybridized carbons (Fsp3) is 0.200. The zero-order valence-corrected chi connectivity index (χ0v) is 9.66. The number of nitrogens with two attached hydrogens (primary N) is 1. The van der Waals surface area contributed by atoms with Crippen molar-refractivity contribution in [2.75, 3.05) is 0 Å². The summed E-state index contributed by atoms with van der Waals surface area (Å²) in [6.45, 7) is 0.368. The van der Waals surface area contributed by atoms with Crippen LogP contribution in [0.5, 0.6) is 0 Å². The van der Waals surface area contributed by atoms with Crippen LogP contribution in [0.4, 0.5) is 0 Å². The average molecular weight is 267 g/mol. The Morgan fingerprint density at radius 3 is 2.80 bits per heavy atom. The van der Waals surface area contributed by atoms with Gasteiger partial charge in [0.2, 0.25) is 0 Å². The molecule has 78 valence electrons. The van der Waals surface area contributed by atoms with Crippen LogP contribution < -0.4 is 5.73 Å². The van der Waals surface area contributed by atoms with Gasteiger partial charge in [-0.05, 0) is 11.6 Å². The third-order valence-corrected chi connectivity index (χ3v) is 2.85. The lowest BCUT2D eigenvalue weighted by Crippen LogP contribution is -1.98. The van der Waals surface area contributed by atoms with E-state index in [0.717, 1.165) is 16.7 Å². The molecule has 0 aliphatic rings. The Bertz CT molecular complexity index is 452. The second kappa shape index (κ2) is 4.55. The Morgan fingerprint density at radius 2 is 2.13 bits per heavy atom. The highest BCUT2D eigenvalue weighted by molar-refractivity contribution is 9.10. The van der Waals surface area contributed by atoms with Crippen molar-refractivity contribution in [2.45, 2.75) is 13.0 Å². The monoisotopic (exact) mass is 266 g/mol. The Hall–Kier alpha value is -1.20. The van der Waals surface area contributed by atoms with Crippen molar-refractivity contribution in [3.63, 3.8) is 0 Å². The highest BCUT2D eigenvalue weighted by Crippen LogP contribution is 2.17. The van der Waals surface area contributed by atoms with Gasteiger partial charge in [-0.2, -0.15) is 5.10 Å². The topological polar surface area (TPSA) is 67.6 Å². The quantitative estimate of drug-likeness (QED) is 0.887. The first-order valence-electron chi connectivity index (χ1n) is 4.63. The highest BCUT2D eigenvalue weighted by atomic mass is 79.9. The van der Waals surface area contributed by atoms with Gasteiger partial charge in [-0.15, -0.1) is 0 Å². The second-order valence-electron chi connectivity index (χ2n) is 3.17. The Kier molecular flexibility index (Phi) is 3.13. The third kappa shape index (κ3) is 2.43. The van der Waals surface area contributed by atoms with E-state index < -0.39 is 0 Å². The van der Waals surface area contributed by atoms with Gasteiger partial charge in [0.1, 0.15) is 5.82 Å². The molecule has 0 amide bonds. The molecule has 4 nitrogen and oxygen atoms in total. The summed E-state index contributed by atoms with van der Waals surface area (Å²) in [6, 6.07) is 8.05. The fourth-order valence-corrected chi connectivity index (χ4v) is 1.75. The summed E-state index contributed by atoms with van der Waals surface area (Å²) in [5, 5.41) is 6.85. The number of halogens is 1. The number of hydrogen-bond donors (Lipinski definition) is 2. The van der Waals surface area contributed by atoms with Crippen LogP contribution in [0.2, 0.25) is 0 Å². The highest BCUT2D eigenvalue weighted by Gasteiger charge is 2.04. The zero-order chi connectivity index (χ0) is 10.7. The molecular formula is C10H11BrN4. The third-order valence-electron chi connectivity index (χ3n) is 2.08. The molecule has 0 saturated heterocycles. The largest absolute Gasteiger partial charge is 0.324 e. The number of benzene rings is 1. The normalized spacial score (nSPS) is 10.5. The van der Waals surface area contributed by atoms with Gasteiger partial charge in [-0.25, -0.2) is 4.98 Å². The van der Waals surface area contributed by atoms with Gasteiger partial charge in [-0.3, -0.25) is 5.10 Å². The van der Waals surface area contributed by atoms with Crippen molar-refractivity contribution >= 4 is 15.9 Å². The van der Waals surface area contributed by atoms with E-state index in [1.165, 1.54) is 5.56 Å². The van der Waals surface area contributed by atoms with Crippen LogP contribution in [0.25, 0.3) is 0 Å². The van der Waals surface area contributed by atoms with Gasteiger partial charge in [0.15, 0.2) is 5.82 Å². The van der Waals surface area contributed by atoms with Crippen molar-refractivity contribution in [1.82, 2.24) is 15.2 Å². The van der Waals surface area contributed by atoms with Crippen molar-refractivity contribution in [3.8, 4) is 0 Å². The minimum absolute atomic E-state index is 0.368. The van der Waals surface area contributed by atoms with E-state index >= 15 is 0 Å². The first kappa shape index (κ1) is 10.3. The molecule has 0 fully saturated rings. The SMILES string of the molecule is NCc1n[nH]c(Cc2ccccc2Br)n1. The molecule has 0 bridgehead atoms. The number of hydrogen-bond acceptors (Lipinski definition) is 3. The maximum absolute atomic E-state index is 5.43. The van der Waals surface area contributed by atoms with Gasteiger partial charge in [-0.1, -0.05) is 34.1 Å². The standard InChI is InChI=1S/C10H11BrN4/c11-8-4-2-1-3-7(8)5-9-13-10(6-12)15-14-9/h1-4H,5-6,12H2,(H,13,14,15). The Labute approximate surface area is 96.0 Å². The number of nitrogens with zero attached hydrogens (tertiary/aromatic N) is 2. The first-order valence-corrected chi connectivity index (χ1v) is 5.42. The van der Waals surface area contributed by atoms with Crippen molar-refractivity contribution < 1.29 is 0 Å². The number of rotatable bonds is 3. The maximum Gasteiger partial charge on any atom is 0.164 e. The molecule has 0 aliphatic carbocycles. The van der Waals surface area contributed by atoms with Gasteiger partial charge >= 0.3 is 0 Å². The fourth-order valence-electron chi connectivity index (χ4n) is 1.33. The summed E-state index contributed by atoms with van der Waals surface area (Å²) in [6.07, 6.45) is 0.731. The van der Waals surface area contributed by atoms with Crippen LogP contribution >= 0.6 is 15.9 Å². The number of aromatic amines is 1. The summed E-state index contributed by atoms with van der Waals surface area (Å²) in [5.41, 5.74) is 6.61. The lowest BCUT2D eigenvalue weighted by Gasteiger charge is -2.00.